The molecule has 0 aromatic heterocycles. The number of nitriles is 1. The molecule has 0 spiro atoms. The average Bonchev–Trinajstić information content (AvgIpc) is 2.55. The van der Waals surface area contributed by atoms with Crippen molar-refractivity contribution >= 4 is 10.0 Å². The Morgan fingerprint density at radius 2 is 1.91 bits per heavy atom. The second kappa shape index (κ2) is 7.70. The number of hydrogen-bond acceptors (Lipinski definition) is 5. The van der Waals surface area contributed by atoms with Crippen LogP contribution in [0.2, 0.25) is 0 Å². The zero-order chi connectivity index (χ0) is 16.0. The van der Waals surface area contributed by atoms with Crippen molar-refractivity contribution in [3.8, 4) is 6.07 Å². The maximum Gasteiger partial charge on any atom is 0.243 e. The lowest BCUT2D eigenvalue weighted by atomic mass is 10.1. The van der Waals surface area contributed by atoms with E-state index >= 15 is 0 Å². The van der Waals surface area contributed by atoms with Crippen LogP contribution in [-0.4, -0.2) is 38.4 Å². The highest BCUT2D eigenvalue weighted by Crippen LogP contribution is 2.21. The smallest absolute Gasteiger partial charge is 0.243 e. The van der Waals surface area contributed by atoms with E-state index in [4.69, 9.17) is 11.0 Å². The molecule has 22 heavy (non-hydrogen) atoms. The van der Waals surface area contributed by atoms with Crippen molar-refractivity contribution in [2.24, 2.45) is 5.73 Å². The van der Waals surface area contributed by atoms with E-state index in [1.54, 1.807) is 24.3 Å². The number of nitrogens with two attached hydrogens (primary N) is 1. The van der Waals surface area contributed by atoms with Crippen LogP contribution in [-0.2, 0) is 16.6 Å². The number of piperidine rings is 1. The first kappa shape index (κ1) is 16.9. The Morgan fingerprint density at radius 1 is 1.27 bits per heavy atom. The third-order valence-electron chi connectivity index (χ3n) is 3.92. The van der Waals surface area contributed by atoms with Gasteiger partial charge in [-0.1, -0.05) is 12.1 Å². The Bertz CT molecular complexity index is 614. The fourth-order valence-corrected chi connectivity index (χ4v) is 4.05. The van der Waals surface area contributed by atoms with Crippen LogP contribution >= 0.6 is 0 Å². The molecule has 1 aliphatic heterocycles. The molecule has 0 unspecified atom stereocenters. The van der Waals surface area contributed by atoms with Crippen LogP contribution in [0.3, 0.4) is 0 Å². The van der Waals surface area contributed by atoms with Crippen molar-refractivity contribution in [2.75, 3.05) is 19.6 Å². The summed E-state index contributed by atoms with van der Waals surface area (Å²) in [7, 11) is -3.42. The van der Waals surface area contributed by atoms with E-state index in [2.05, 4.69) is 11.4 Å². The monoisotopic (exact) mass is 322 g/mol. The summed E-state index contributed by atoms with van der Waals surface area (Å²) in [6.45, 7) is 2.07. The van der Waals surface area contributed by atoms with Crippen molar-refractivity contribution < 1.29 is 8.42 Å². The third kappa shape index (κ3) is 4.05. The second-order valence-electron chi connectivity index (χ2n) is 5.39. The van der Waals surface area contributed by atoms with Gasteiger partial charge in [-0.15, -0.1) is 0 Å². The van der Waals surface area contributed by atoms with Crippen LogP contribution in [0, 0.1) is 11.3 Å². The molecule has 3 N–H and O–H groups in total. The summed E-state index contributed by atoms with van der Waals surface area (Å²) in [4.78, 5) is 0.320. The molecule has 0 saturated carbocycles. The number of sulfonamides is 1. The first-order valence-corrected chi connectivity index (χ1v) is 8.91. The van der Waals surface area contributed by atoms with Gasteiger partial charge in [0.05, 0.1) is 11.0 Å². The molecule has 1 fully saturated rings. The maximum absolute atomic E-state index is 12.6. The number of benzene rings is 1. The summed E-state index contributed by atoms with van der Waals surface area (Å²) >= 11 is 0. The largest absolute Gasteiger partial charge is 0.326 e. The molecule has 1 aromatic carbocycles. The van der Waals surface area contributed by atoms with E-state index in [-0.39, 0.29) is 0 Å². The number of nitrogens with zero attached hydrogens (tertiary/aromatic N) is 2. The van der Waals surface area contributed by atoms with Crippen molar-refractivity contribution in [1.82, 2.24) is 9.62 Å². The van der Waals surface area contributed by atoms with Gasteiger partial charge in [-0.2, -0.15) is 9.57 Å². The van der Waals surface area contributed by atoms with Crippen molar-refractivity contribution in [3.05, 3.63) is 29.8 Å². The molecule has 1 saturated heterocycles. The normalized spacial score (nSPS) is 17.3. The quantitative estimate of drug-likeness (QED) is 0.755. The molecule has 7 heteroatoms. The number of hydrogen-bond donors (Lipinski definition) is 2. The minimum absolute atomic E-state index is 0.291. The molecule has 0 bridgehead atoms. The van der Waals surface area contributed by atoms with Gasteiger partial charge in [0.25, 0.3) is 0 Å². The lowest BCUT2D eigenvalue weighted by molar-refractivity contribution is 0.291. The van der Waals surface area contributed by atoms with Gasteiger partial charge in [-0.25, -0.2) is 8.42 Å². The zero-order valence-corrected chi connectivity index (χ0v) is 13.3. The minimum atomic E-state index is -3.42. The lowest BCUT2D eigenvalue weighted by Gasteiger charge is -2.31. The van der Waals surface area contributed by atoms with Gasteiger partial charge < -0.3 is 11.1 Å². The van der Waals surface area contributed by atoms with Crippen molar-refractivity contribution in [3.63, 3.8) is 0 Å². The lowest BCUT2D eigenvalue weighted by Crippen LogP contribution is -2.45. The summed E-state index contributed by atoms with van der Waals surface area (Å²) in [5, 5.41) is 11.8. The molecule has 6 nitrogen and oxygen atoms in total. The van der Waals surface area contributed by atoms with Crippen LogP contribution in [0.1, 0.15) is 24.8 Å². The molecule has 0 atom stereocenters. The topological polar surface area (TPSA) is 99.2 Å². The molecule has 0 amide bonds. The molecule has 1 aliphatic rings. The fraction of sp³-hybridized carbons (Fsp3) is 0.533. The number of rotatable bonds is 6. The van der Waals surface area contributed by atoms with Crippen LogP contribution in [0.15, 0.2) is 29.2 Å². The summed E-state index contributed by atoms with van der Waals surface area (Å²) in [6, 6.07) is 9.13. The minimum Gasteiger partial charge on any atom is -0.326 e. The highest BCUT2D eigenvalue weighted by atomic mass is 32.2. The van der Waals surface area contributed by atoms with Gasteiger partial charge in [0.1, 0.15) is 0 Å². The average molecular weight is 322 g/mol. The Morgan fingerprint density at radius 3 is 2.45 bits per heavy atom. The van der Waals surface area contributed by atoms with Crippen molar-refractivity contribution in [2.45, 2.75) is 36.7 Å². The first-order valence-electron chi connectivity index (χ1n) is 7.47. The molecular formula is C15H22N4O2S. The van der Waals surface area contributed by atoms with E-state index in [0.29, 0.717) is 43.5 Å². The van der Waals surface area contributed by atoms with Gasteiger partial charge >= 0.3 is 0 Å². The standard InChI is InChI=1S/C15H22N4O2S/c16-8-1-9-18-14-6-10-19(11-7-14)22(20,21)15-4-2-13(12-17)3-5-15/h2-5,14,18H,1,6-7,9-12,17H2. The van der Waals surface area contributed by atoms with Gasteiger partial charge in [0, 0.05) is 38.6 Å². The predicted octanol–water partition coefficient (Wildman–Crippen LogP) is 0.802. The molecular weight excluding hydrogens is 300 g/mol. The second-order valence-corrected chi connectivity index (χ2v) is 7.33. The summed E-state index contributed by atoms with van der Waals surface area (Å²) < 4.78 is 26.7. The van der Waals surface area contributed by atoms with E-state index in [1.165, 1.54) is 4.31 Å². The highest BCUT2D eigenvalue weighted by Gasteiger charge is 2.28. The van der Waals surface area contributed by atoms with Gasteiger partial charge in [-0.05, 0) is 30.5 Å². The Balaban J connectivity index is 1.95. The van der Waals surface area contributed by atoms with Crippen LogP contribution in [0.25, 0.3) is 0 Å². The summed E-state index contributed by atoms with van der Waals surface area (Å²) in [5.74, 6) is 0. The Kier molecular flexibility index (Phi) is 5.91. The SMILES string of the molecule is N#CCCNC1CCN(S(=O)(=O)c2ccc(CN)cc2)CC1. The molecule has 0 radical (unpaired) electrons. The van der Waals surface area contributed by atoms with Crippen molar-refractivity contribution in [1.29, 1.82) is 5.26 Å². The van der Waals surface area contributed by atoms with E-state index in [0.717, 1.165) is 18.4 Å². The summed E-state index contributed by atoms with van der Waals surface area (Å²) in [5.41, 5.74) is 6.45. The zero-order valence-electron chi connectivity index (χ0n) is 12.5. The van der Waals surface area contributed by atoms with E-state index in [1.807, 2.05) is 0 Å². The predicted molar refractivity (Wildman–Crippen MR) is 84.3 cm³/mol. The summed E-state index contributed by atoms with van der Waals surface area (Å²) in [6.07, 6.45) is 2.02. The molecule has 0 aliphatic carbocycles. The molecule has 2 rings (SSSR count). The third-order valence-corrected chi connectivity index (χ3v) is 5.83. The van der Waals surface area contributed by atoms with E-state index < -0.39 is 10.0 Å². The van der Waals surface area contributed by atoms with Crippen LogP contribution in [0.5, 0.6) is 0 Å². The van der Waals surface area contributed by atoms with E-state index in [9.17, 15) is 8.42 Å². The maximum atomic E-state index is 12.6. The first-order chi connectivity index (χ1) is 10.6. The highest BCUT2D eigenvalue weighted by molar-refractivity contribution is 7.89. The fourth-order valence-electron chi connectivity index (χ4n) is 2.58. The van der Waals surface area contributed by atoms with Gasteiger partial charge in [-0.3, -0.25) is 0 Å². The molecule has 1 heterocycles. The number of nitrogens with one attached hydrogen (secondary N) is 1. The van der Waals surface area contributed by atoms with Crippen LogP contribution in [0.4, 0.5) is 0 Å². The van der Waals surface area contributed by atoms with Gasteiger partial charge in [0.15, 0.2) is 0 Å². The molecule has 1 aromatic rings. The Hall–Kier alpha value is -1.46. The van der Waals surface area contributed by atoms with Crippen LogP contribution < -0.4 is 11.1 Å². The van der Waals surface area contributed by atoms with Gasteiger partial charge in [0.2, 0.25) is 10.0 Å². The Labute approximate surface area is 132 Å². The molecule has 120 valence electrons.